The van der Waals surface area contributed by atoms with E-state index >= 15 is 0 Å². The number of thiophene rings is 1. The van der Waals surface area contributed by atoms with E-state index in [0.717, 1.165) is 18.2 Å². The van der Waals surface area contributed by atoms with Crippen LogP contribution in [-0.4, -0.2) is 24.1 Å². The average Bonchev–Trinajstić information content (AvgIpc) is 2.70. The maximum Gasteiger partial charge on any atom is 0.00870 e. The van der Waals surface area contributed by atoms with Gasteiger partial charge in [-0.1, -0.05) is 13.0 Å². The summed E-state index contributed by atoms with van der Waals surface area (Å²) in [4.78, 5) is 1.48. The van der Waals surface area contributed by atoms with Crippen molar-refractivity contribution in [3.8, 4) is 0 Å². The molecule has 0 aliphatic heterocycles. The number of thioether (sulfide) groups is 1. The van der Waals surface area contributed by atoms with E-state index in [2.05, 4.69) is 42.9 Å². The van der Waals surface area contributed by atoms with E-state index in [-0.39, 0.29) is 0 Å². The van der Waals surface area contributed by atoms with Gasteiger partial charge in [-0.25, -0.2) is 0 Å². The van der Waals surface area contributed by atoms with Gasteiger partial charge >= 0.3 is 0 Å². The fourth-order valence-electron chi connectivity index (χ4n) is 1.45. The second-order valence-electron chi connectivity index (χ2n) is 3.97. The van der Waals surface area contributed by atoms with Gasteiger partial charge in [-0.15, -0.1) is 11.3 Å². The Hall–Kier alpha value is 0.01000. The summed E-state index contributed by atoms with van der Waals surface area (Å²) in [7, 11) is 0. The van der Waals surface area contributed by atoms with Crippen LogP contribution in [0.3, 0.4) is 0 Å². The first kappa shape index (κ1) is 13.1. The van der Waals surface area contributed by atoms with E-state index in [0.29, 0.717) is 6.04 Å². The molecule has 0 radical (unpaired) electrons. The molecule has 15 heavy (non-hydrogen) atoms. The van der Waals surface area contributed by atoms with Gasteiger partial charge < -0.3 is 5.32 Å². The van der Waals surface area contributed by atoms with Crippen LogP contribution in [0.1, 0.15) is 25.1 Å². The van der Waals surface area contributed by atoms with Crippen LogP contribution in [0.25, 0.3) is 0 Å². The van der Waals surface area contributed by atoms with Crippen molar-refractivity contribution in [1.82, 2.24) is 5.32 Å². The van der Waals surface area contributed by atoms with Gasteiger partial charge in [-0.3, -0.25) is 0 Å². The van der Waals surface area contributed by atoms with Gasteiger partial charge in [0.25, 0.3) is 0 Å². The molecule has 0 fully saturated rings. The molecule has 1 N–H and O–H groups in total. The molecule has 2 unspecified atom stereocenters. The topological polar surface area (TPSA) is 12.0 Å². The Morgan fingerprint density at radius 2 is 2.27 bits per heavy atom. The molecule has 0 aliphatic carbocycles. The largest absolute Gasteiger partial charge is 0.314 e. The normalized spacial score (nSPS) is 15.1. The summed E-state index contributed by atoms with van der Waals surface area (Å²) >= 11 is 3.80. The first-order valence-corrected chi connectivity index (χ1v) is 7.67. The van der Waals surface area contributed by atoms with Crippen LogP contribution >= 0.6 is 23.1 Å². The Balaban J connectivity index is 2.11. The Morgan fingerprint density at radius 1 is 1.47 bits per heavy atom. The van der Waals surface area contributed by atoms with E-state index in [4.69, 9.17) is 0 Å². The molecule has 0 spiro atoms. The predicted molar refractivity (Wildman–Crippen MR) is 73.1 cm³/mol. The second-order valence-corrected chi connectivity index (χ2v) is 6.28. The molecule has 1 rings (SSSR count). The molecule has 2 atom stereocenters. The lowest BCUT2D eigenvalue weighted by Crippen LogP contribution is -2.29. The summed E-state index contributed by atoms with van der Waals surface area (Å²) in [5, 5.41) is 6.50. The van der Waals surface area contributed by atoms with E-state index in [9.17, 15) is 0 Å². The third-order valence-corrected chi connectivity index (χ3v) is 4.47. The van der Waals surface area contributed by atoms with Crippen molar-refractivity contribution in [3.63, 3.8) is 0 Å². The summed E-state index contributed by atoms with van der Waals surface area (Å²) in [6.45, 7) is 5.69. The van der Waals surface area contributed by atoms with Crippen LogP contribution in [0.4, 0.5) is 0 Å². The molecule has 0 saturated carbocycles. The smallest absolute Gasteiger partial charge is 0.00870 e. The van der Waals surface area contributed by atoms with Crippen LogP contribution in [0.15, 0.2) is 17.5 Å². The maximum atomic E-state index is 3.58. The summed E-state index contributed by atoms with van der Waals surface area (Å²) < 4.78 is 0. The highest BCUT2D eigenvalue weighted by Crippen LogP contribution is 2.11. The molecule has 0 bridgehead atoms. The number of nitrogens with one attached hydrogen (secondary N) is 1. The molecule has 3 heteroatoms. The summed E-state index contributed by atoms with van der Waals surface area (Å²) in [5.41, 5.74) is 0. The summed E-state index contributed by atoms with van der Waals surface area (Å²) in [6, 6.07) is 4.94. The van der Waals surface area contributed by atoms with Gasteiger partial charge in [-0.2, -0.15) is 11.8 Å². The monoisotopic (exact) mass is 243 g/mol. The number of hydrogen-bond acceptors (Lipinski definition) is 3. The first-order chi connectivity index (χ1) is 7.22. The van der Waals surface area contributed by atoms with Crippen molar-refractivity contribution in [3.05, 3.63) is 22.4 Å². The average molecular weight is 243 g/mol. The van der Waals surface area contributed by atoms with E-state index < -0.39 is 0 Å². The minimum absolute atomic E-state index is 0.595. The highest BCUT2D eigenvalue weighted by molar-refractivity contribution is 7.99. The quantitative estimate of drug-likeness (QED) is 0.787. The predicted octanol–water partition coefficient (Wildman–Crippen LogP) is 3.41. The fourth-order valence-corrected chi connectivity index (χ4v) is 2.64. The highest BCUT2D eigenvalue weighted by Gasteiger charge is 2.04. The minimum atomic E-state index is 0.595. The van der Waals surface area contributed by atoms with Crippen molar-refractivity contribution >= 4 is 23.1 Å². The Morgan fingerprint density at radius 3 is 2.87 bits per heavy atom. The molecule has 1 aromatic heterocycles. The van der Waals surface area contributed by atoms with Gasteiger partial charge in [0.2, 0.25) is 0 Å². The van der Waals surface area contributed by atoms with Crippen molar-refractivity contribution < 1.29 is 0 Å². The molecular formula is C12H21NS2. The number of rotatable bonds is 7. The summed E-state index contributed by atoms with van der Waals surface area (Å²) in [6.07, 6.45) is 4.60. The molecule has 1 aromatic rings. The van der Waals surface area contributed by atoms with E-state index in [1.54, 1.807) is 0 Å². The molecule has 1 heterocycles. The van der Waals surface area contributed by atoms with Crippen molar-refractivity contribution in [2.75, 3.05) is 12.8 Å². The van der Waals surface area contributed by atoms with Gasteiger partial charge in [0, 0.05) is 16.2 Å². The Kier molecular flexibility index (Phi) is 6.37. The molecule has 0 aliphatic rings. The van der Waals surface area contributed by atoms with Crippen LogP contribution in [0.5, 0.6) is 0 Å². The van der Waals surface area contributed by atoms with Crippen molar-refractivity contribution in [2.24, 2.45) is 0 Å². The van der Waals surface area contributed by atoms with Crippen LogP contribution in [0, 0.1) is 0 Å². The van der Waals surface area contributed by atoms with Gasteiger partial charge in [0.1, 0.15) is 0 Å². The van der Waals surface area contributed by atoms with Crippen molar-refractivity contribution in [1.29, 1.82) is 0 Å². The lowest BCUT2D eigenvalue weighted by Gasteiger charge is -2.14. The van der Waals surface area contributed by atoms with Gasteiger partial charge in [0.15, 0.2) is 0 Å². The Labute approximate surface area is 102 Å². The van der Waals surface area contributed by atoms with Crippen LogP contribution in [-0.2, 0) is 6.42 Å². The standard InChI is InChI=1S/C12H21NS2/c1-10(9-12-5-4-8-15-12)13-7-6-11(2)14-3/h4-5,8,10-11,13H,6-7,9H2,1-3H3. The van der Waals surface area contributed by atoms with Crippen LogP contribution in [0.2, 0.25) is 0 Å². The van der Waals surface area contributed by atoms with E-state index in [1.807, 2.05) is 23.1 Å². The number of hydrogen-bond donors (Lipinski definition) is 1. The second kappa shape index (κ2) is 7.31. The molecular weight excluding hydrogens is 222 g/mol. The zero-order chi connectivity index (χ0) is 11.1. The molecule has 1 nitrogen and oxygen atoms in total. The third-order valence-electron chi connectivity index (χ3n) is 2.53. The lowest BCUT2D eigenvalue weighted by molar-refractivity contribution is 0.536. The molecule has 0 amide bonds. The lowest BCUT2D eigenvalue weighted by atomic mass is 10.2. The molecule has 0 saturated heterocycles. The zero-order valence-electron chi connectivity index (χ0n) is 9.82. The maximum absolute atomic E-state index is 3.58. The van der Waals surface area contributed by atoms with Crippen molar-refractivity contribution in [2.45, 2.75) is 38.0 Å². The first-order valence-electron chi connectivity index (χ1n) is 5.51. The van der Waals surface area contributed by atoms with Gasteiger partial charge in [-0.05, 0) is 44.0 Å². The van der Waals surface area contributed by atoms with Gasteiger partial charge in [0.05, 0.1) is 0 Å². The van der Waals surface area contributed by atoms with Crippen LogP contribution < -0.4 is 5.32 Å². The molecule has 0 aromatic carbocycles. The summed E-state index contributed by atoms with van der Waals surface area (Å²) in [5.74, 6) is 0. The SMILES string of the molecule is CSC(C)CCNC(C)Cc1cccs1. The fraction of sp³-hybridized carbons (Fsp3) is 0.667. The molecule has 86 valence electrons. The zero-order valence-corrected chi connectivity index (χ0v) is 11.5. The third kappa shape index (κ3) is 5.59. The Bertz CT molecular complexity index is 246. The van der Waals surface area contributed by atoms with E-state index in [1.165, 1.54) is 11.3 Å². The highest BCUT2D eigenvalue weighted by atomic mass is 32.2. The minimum Gasteiger partial charge on any atom is -0.314 e.